The molecule has 0 N–H and O–H groups in total. The van der Waals surface area contributed by atoms with Gasteiger partial charge in [0.25, 0.3) is 10.0 Å². The second-order valence-corrected chi connectivity index (χ2v) is 15.0. The molecule has 1 heterocycles. The molecular weight excluding hydrogens is 590 g/mol. The molecule has 2 unspecified atom stereocenters. The fourth-order valence-corrected chi connectivity index (χ4v) is 8.37. The van der Waals surface area contributed by atoms with Crippen LogP contribution in [-0.4, -0.2) is 58.2 Å². The van der Waals surface area contributed by atoms with E-state index in [0.29, 0.717) is 20.3 Å². The van der Waals surface area contributed by atoms with Crippen LogP contribution in [0.2, 0.25) is 0 Å². The molecule has 41 heavy (non-hydrogen) atoms. The first kappa shape index (κ1) is 31.1. The Hall–Kier alpha value is -2.87. The molecule has 1 aliphatic carbocycles. The monoisotopic (exact) mass is 621 g/mol. The molecule has 8 nitrogen and oxygen atoms in total. The van der Waals surface area contributed by atoms with Crippen LogP contribution >= 0.6 is 0 Å². The molecule has 0 radical (unpaired) electrons. The third-order valence-electron chi connectivity index (χ3n) is 7.32. The molecule has 3 atom stereocenters. The average molecular weight is 622 g/mol. The number of hydrogen-bond acceptors (Lipinski definition) is 7. The summed E-state index contributed by atoms with van der Waals surface area (Å²) in [5, 5.41) is -0.410. The van der Waals surface area contributed by atoms with Crippen LogP contribution in [0.4, 0.5) is 23.2 Å². The van der Waals surface area contributed by atoms with E-state index in [1.807, 2.05) is 6.92 Å². The molecule has 0 amide bonds. The minimum Gasteiger partial charge on any atom is -0.486 e. The summed E-state index contributed by atoms with van der Waals surface area (Å²) in [4.78, 5) is 12.1. The molecule has 1 aliphatic heterocycles. The SMILES string of the molecule is CCC1CC1S(=O)(=O)CC[C@H]1CN(S(=O)(=O)c2ccc(F)cc2)c2cc(CC(=O)OC(C)(C)C(F)(F)F)ccc2O1. The predicted octanol–water partition coefficient (Wildman–Crippen LogP) is 4.81. The Kier molecular flexibility index (Phi) is 8.40. The number of carbonyl (C=O) groups is 1. The first-order valence-electron chi connectivity index (χ1n) is 13.0. The lowest BCUT2D eigenvalue weighted by molar-refractivity contribution is -0.257. The van der Waals surface area contributed by atoms with Gasteiger partial charge in [0.15, 0.2) is 9.84 Å². The number of halogens is 4. The zero-order valence-corrected chi connectivity index (χ0v) is 24.3. The zero-order valence-electron chi connectivity index (χ0n) is 22.6. The summed E-state index contributed by atoms with van der Waals surface area (Å²) >= 11 is 0. The van der Waals surface area contributed by atoms with E-state index in [1.165, 1.54) is 18.2 Å². The summed E-state index contributed by atoms with van der Waals surface area (Å²) in [5.74, 6) is -1.82. The van der Waals surface area contributed by atoms with Crippen molar-refractivity contribution in [1.82, 2.24) is 0 Å². The van der Waals surface area contributed by atoms with Crippen molar-refractivity contribution in [3.05, 3.63) is 53.8 Å². The van der Waals surface area contributed by atoms with Crippen molar-refractivity contribution in [2.24, 2.45) is 5.92 Å². The Morgan fingerprint density at radius 3 is 2.32 bits per heavy atom. The number of benzene rings is 2. The number of hydrogen-bond donors (Lipinski definition) is 0. The molecule has 2 aromatic rings. The molecule has 0 saturated heterocycles. The lowest BCUT2D eigenvalue weighted by atomic mass is 10.1. The largest absolute Gasteiger partial charge is 0.486 e. The van der Waals surface area contributed by atoms with Gasteiger partial charge in [-0.2, -0.15) is 13.2 Å². The van der Waals surface area contributed by atoms with Gasteiger partial charge in [0, 0.05) is 0 Å². The number of fused-ring (bicyclic) bond motifs is 1. The van der Waals surface area contributed by atoms with E-state index in [2.05, 4.69) is 4.74 Å². The number of esters is 1. The van der Waals surface area contributed by atoms with Gasteiger partial charge in [0.05, 0.1) is 34.6 Å². The Morgan fingerprint density at radius 2 is 1.73 bits per heavy atom. The third kappa shape index (κ3) is 6.79. The quantitative estimate of drug-likeness (QED) is 0.277. The molecule has 226 valence electrons. The topological polar surface area (TPSA) is 107 Å². The maximum atomic E-state index is 13.7. The first-order chi connectivity index (χ1) is 18.9. The van der Waals surface area contributed by atoms with Crippen LogP contribution in [0, 0.1) is 11.7 Å². The van der Waals surface area contributed by atoms with Crippen molar-refractivity contribution in [3.63, 3.8) is 0 Å². The summed E-state index contributed by atoms with van der Waals surface area (Å²) in [6.07, 6.45) is -4.85. The van der Waals surface area contributed by atoms with Crippen molar-refractivity contribution in [3.8, 4) is 5.75 Å². The average Bonchev–Trinajstić information content (AvgIpc) is 3.67. The number of carbonyl (C=O) groups excluding carboxylic acids is 1. The summed E-state index contributed by atoms with van der Waals surface area (Å²) in [6, 6.07) is 8.17. The summed E-state index contributed by atoms with van der Waals surface area (Å²) in [5.41, 5.74) is -2.57. The van der Waals surface area contributed by atoms with Crippen LogP contribution in [0.25, 0.3) is 0 Å². The van der Waals surface area contributed by atoms with Crippen LogP contribution in [0.15, 0.2) is 47.4 Å². The van der Waals surface area contributed by atoms with Gasteiger partial charge in [-0.15, -0.1) is 0 Å². The molecular formula is C27H31F4NO7S2. The molecule has 1 fully saturated rings. The molecule has 1 saturated carbocycles. The second kappa shape index (κ2) is 11.1. The fourth-order valence-electron chi connectivity index (χ4n) is 4.66. The van der Waals surface area contributed by atoms with Crippen LogP contribution < -0.4 is 9.04 Å². The van der Waals surface area contributed by atoms with Gasteiger partial charge < -0.3 is 9.47 Å². The highest BCUT2D eigenvalue weighted by atomic mass is 32.2. The summed E-state index contributed by atoms with van der Waals surface area (Å²) < 4.78 is 117. The van der Waals surface area contributed by atoms with Crippen LogP contribution in [0.1, 0.15) is 45.6 Å². The molecule has 0 bridgehead atoms. The van der Waals surface area contributed by atoms with Crippen LogP contribution in [-0.2, 0) is 35.8 Å². The van der Waals surface area contributed by atoms with Gasteiger partial charge in [0.2, 0.25) is 5.60 Å². The normalized spacial score (nSPS) is 21.1. The van der Waals surface area contributed by atoms with Crippen molar-refractivity contribution >= 4 is 31.5 Å². The third-order valence-corrected chi connectivity index (χ3v) is 11.4. The molecule has 0 spiro atoms. The van der Waals surface area contributed by atoms with Gasteiger partial charge in [-0.25, -0.2) is 21.2 Å². The van der Waals surface area contributed by atoms with Crippen LogP contribution in [0.5, 0.6) is 5.75 Å². The Morgan fingerprint density at radius 1 is 1.07 bits per heavy atom. The van der Waals surface area contributed by atoms with E-state index >= 15 is 0 Å². The Bertz CT molecular complexity index is 1510. The standard InChI is InChI=1S/C27H31F4NO7S2/c1-4-18-15-24(18)40(34,35)12-11-20-16-32(41(36,37)21-8-6-19(28)7-9-21)22-13-17(5-10-23(22)38-20)14-25(33)39-26(2,3)27(29,30)31/h5-10,13,18,20,24H,4,11-12,14-16H2,1-3H3/t18?,20-,24?/m0/s1. The number of alkyl halides is 3. The van der Waals surface area contributed by atoms with E-state index in [9.17, 15) is 39.2 Å². The second-order valence-electron chi connectivity index (χ2n) is 10.8. The lowest BCUT2D eigenvalue weighted by Crippen LogP contribution is -2.44. The smallest absolute Gasteiger partial charge is 0.427 e. The van der Waals surface area contributed by atoms with Crippen molar-refractivity contribution in [2.75, 3.05) is 16.6 Å². The number of rotatable bonds is 10. The highest BCUT2D eigenvalue weighted by Gasteiger charge is 2.51. The Labute approximate surface area is 236 Å². The minimum absolute atomic E-state index is 0.00190. The maximum absolute atomic E-state index is 13.7. The van der Waals surface area contributed by atoms with Crippen molar-refractivity contribution in [2.45, 2.75) is 74.5 Å². The van der Waals surface area contributed by atoms with Gasteiger partial charge >= 0.3 is 12.1 Å². The van der Waals surface area contributed by atoms with Gasteiger partial charge in [-0.3, -0.25) is 9.10 Å². The molecule has 4 rings (SSSR count). The number of anilines is 1. The van der Waals surface area contributed by atoms with Gasteiger partial charge in [0.1, 0.15) is 17.7 Å². The van der Waals surface area contributed by atoms with E-state index < -0.39 is 61.2 Å². The highest BCUT2D eigenvalue weighted by Crippen LogP contribution is 2.42. The van der Waals surface area contributed by atoms with Gasteiger partial charge in [-0.05, 0) is 74.6 Å². The van der Waals surface area contributed by atoms with E-state index in [4.69, 9.17) is 4.74 Å². The maximum Gasteiger partial charge on any atom is 0.427 e. The van der Waals surface area contributed by atoms with Gasteiger partial charge in [-0.1, -0.05) is 19.4 Å². The lowest BCUT2D eigenvalue weighted by Gasteiger charge is -2.36. The fraction of sp³-hybridized carbons (Fsp3) is 0.519. The first-order valence-corrected chi connectivity index (χ1v) is 16.2. The molecule has 2 aliphatic rings. The minimum atomic E-state index is -4.80. The molecule has 2 aromatic carbocycles. The van der Waals surface area contributed by atoms with Crippen LogP contribution in [0.3, 0.4) is 0 Å². The summed E-state index contributed by atoms with van der Waals surface area (Å²) in [6.45, 7) is 3.08. The molecule has 14 heteroatoms. The Balaban J connectivity index is 1.61. The number of ether oxygens (including phenoxy) is 2. The van der Waals surface area contributed by atoms with E-state index in [0.717, 1.165) is 35.0 Å². The number of sulfone groups is 1. The highest BCUT2D eigenvalue weighted by molar-refractivity contribution is 7.93. The van der Waals surface area contributed by atoms with E-state index in [-0.39, 0.29) is 46.5 Å². The van der Waals surface area contributed by atoms with Crippen molar-refractivity contribution in [1.29, 1.82) is 0 Å². The number of nitrogens with zero attached hydrogens (tertiary/aromatic N) is 1. The van der Waals surface area contributed by atoms with Crippen molar-refractivity contribution < 1.29 is 48.7 Å². The molecule has 0 aromatic heterocycles. The zero-order chi connectivity index (χ0) is 30.4. The number of sulfonamides is 1. The predicted molar refractivity (Wildman–Crippen MR) is 142 cm³/mol. The van der Waals surface area contributed by atoms with E-state index in [1.54, 1.807) is 0 Å². The summed E-state index contributed by atoms with van der Waals surface area (Å²) in [7, 11) is -7.72.